The van der Waals surface area contributed by atoms with Crippen LogP contribution < -0.4 is 5.32 Å². The molecule has 4 rings (SSSR count). The van der Waals surface area contributed by atoms with Gasteiger partial charge in [0.1, 0.15) is 22.7 Å². The molecule has 176 valence electrons. The van der Waals surface area contributed by atoms with Crippen LogP contribution in [0.1, 0.15) is 61.6 Å². The van der Waals surface area contributed by atoms with Crippen LogP contribution >= 0.6 is 11.6 Å². The van der Waals surface area contributed by atoms with Gasteiger partial charge in [-0.15, -0.1) is 0 Å². The van der Waals surface area contributed by atoms with Crippen LogP contribution in [-0.2, 0) is 11.8 Å². The fourth-order valence-corrected chi connectivity index (χ4v) is 5.27. The summed E-state index contributed by atoms with van der Waals surface area (Å²) in [5.74, 6) is 6.06. The highest BCUT2D eigenvalue weighted by Crippen LogP contribution is 2.53. The second-order valence-corrected chi connectivity index (χ2v) is 10.2. The van der Waals surface area contributed by atoms with Gasteiger partial charge in [0, 0.05) is 25.8 Å². The molecule has 1 aromatic heterocycles. The van der Waals surface area contributed by atoms with Crippen molar-refractivity contribution in [2.24, 2.45) is 18.9 Å². The van der Waals surface area contributed by atoms with Crippen LogP contribution in [-0.4, -0.2) is 38.9 Å². The second kappa shape index (κ2) is 8.75. The largest absolute Gasteiger partial charge is 0.378 e. The normalized spacial score (nSPS) is 26.6. The number of aliphatic hydroxyl groups is 1. The van der Waals surface area contributed by atoms with Crippen molar-refractivity contribution in [2.75, 3.05) is 12.4 Å². The van der Waals surface area contributed by atoms with Crippen molar-refractivity contribution in [3.05, 3.63) is 46.8 Å². The van der Waals surface area contributed by atoms with E-state index in [0.717, 1.165) is 18.5 Å². The van der Waals surface area contributed by atoms with Gasteiger partial charge in [-0.1, -0.05) is 23.4 Å². The number of carbonyl (C=O) groups excluding carboxylic acids is 1. The number of anilines is 1. The van der Waals surface area contributed by atoms with E-state index in [9.17, 15) is 14.3 Å². The molecule has 2 N–H and O–H groups in total. The molecule has 2 aromatic rings. The van der Waals surface area contributed by atoms with E-state index in [0.29, 0.717) is 36.1 Å². The van der Waals surface area contributed by atoms with Gasteiger partial charge in [0.05, 0.1) is 17.0 Å². The zero-order valence-electron chi connectivity index (χ0n) is 19.3. The first-order valence-electron chi connectivity index (χ1n) is 11.1. The number of nitrogens with one attached hydrogen (secondary N) is 1. The van der Waals surface area contributed by atoms with Gasteiger partial charge in [-0.3, -0.25) is 4.79 Å². The first-order chi connectivity index (χ1) is 15.5. The molecule has 1 amide bonds. The number of rotatable bonds is 4. The Kier molecular flexibility index (Phi) is 6.30. The molecule has 2 unspecified atom stereocenters. The van der Waals surface area contributed by atoms with Gasteiger partial charge in [-0.05, 0) is 69.6 Å². The summed E-state index contributed by atoms with van der Waals surface area (Å²) in [7, 11) is 3.39. The summed E-state index contributed by atoms with van der Waals surface area (Å²) < 4.78 is 20.5. The van der Waals surface area contributed by atoms with Gasteiger partial charge >= 0.3 is 0 Å². The van der Waals surface area contributed by atoms with E-state index in [-0.39, 0.29) is 16.8 Å². The van der Waals surface area contributed by atoms with Gasteiger partial charge in [0.2, 0.25) is 0 Å². The summed E-state index contributed by atoms with van der Waals surface area (Å²) in [5, 5.41) is 13.8. The van der Waals surface area contributed by atoms with E-state index >= 15 is 0 Å². The molecule has 33 heavy (non-hydrogen) atoms. The van der Waals surface area contributed by atoms with Crippen molar-refractivity contribution in [1.29, 1.82) is 0 Å². The molecule has 0 spiro atoms. The van der Waals surface area contributed by atoms with Crippen molar-refractivity contribution in [3.8, 4) is 11.8 Å². The molecule has 2 aliphatic rings. The van der Waals surface area contributed by atoms with Crippen LogP contribution in [0, 0.1) is 29.5 Å². The lowest BCUT2D eigenvalue weighted by Crippen LogP contribution is -2.26. The average Bonchev–Trinajstić information content (AvgIpc) is 3.40. The van der Waals surface area contributed by atoms with Crippen molar-refractivity contribution in [2.45, 2.75) is 56.7 Å². The number of hydrogen-bond acceptors (Lipinski definition) is 4. The molecule has 6 nitrogen and oxygen atoms in total. The van der Waals surface area contributed by atoms with Crippen LogP contribution in [0.2, 0.25) is 5.02 Å². The summed E-state index contributed by atoms with van der Waals surface area (Å²) in [4.78, 5) is 17.6. The maximum absolute atomic E-state index is 13.4. The Labute approximate surface area is 198 Å². The molecular formula is C25H29ClFN3O3. The number of hydrogen-bond donors (Lipinski definition) is 2. The van der Waals surface area contributed by atoms with E-state index in [1.807, 2.05) is 13.8 Å². The molecule has 2 aliphatic carbocycles. The molecule has 1 aromatic carbocycles. The molecule has 2 saturated carbocycles. The zero-order chi connectivity index (χ0) is 24.0. The number of imidazole rings is 1. The first kappa shape index (κ1) is 23.7. The minimum atomic E-state index is -0.998. The number of aryl methyl sites for hydroxylation is 1. The maximum atomic E-state index is 13.4. The first-order valence-corrected chi connectivity index (χ1v) is 11.5. The number of fused-ring (bicyclic) bond motifs is 1. The Hall–Kier alpha value is -2.40. The van der Waals surface area contributed by atoms with E-state index in [1.54, 1.807) is 25.1 Å². The third-order valence-electron chi connectivity index (χ3n) is 6.89. The summed E-state index contributed by atoms with van der Waals surface area (Å²) in [6, 6.07) is 4.08. The Morgan fingerprint density at radius 2 is 2.03 bits per heavy atom. The predicted octanol–water partition coefficient (Wildman–Crippen LogP) is 4.53. The third-order valence-corrected chi connectivity index (χ3v) is 7.18. The topological polar surface area (TPSA) is 76.4 Å². The number of ether oxygens (including phenoxy) is 1. The fraction of sp³-hybridized carbons (Fsp3) is 0.520. The highest BCUT2D eigenvalue weighted by Gasteiger charge is 2.49. The number of carbonyl (C=O) groups is 1. The van der Waals surface area contributed by atoms with E-state index < -0.39 is 17.0 Å². The average molecular weight is 474 g/mol. The highest BCUT2D eigenvalue weighted by molar-refractivity contribution is 6.31. The second-order valence-electron chi connectivity index (χ2n) is 9.77. The minimum Gasteiger partial charge on any atom is -0.378 e. The maximum Gasteiger partial charge on any atom is 0.274 e. The Balaban J connectivity index is 1.47. The number of aromatic nitrogens is 2. The molecule has 0 radical (unpaired) electrons. The highest BCUT2D eigenvalue weighted by atomic mass is 35.5. The lowest BCUT2D eigenvalue weighted by Gasteiger charge is -2.21. The van der Waals surface area contributed by atoms with Crippen molar-refractivity contribution in [1.82, 2.24) is 9.55 Å². The van der Waals surface area contributed by atoms with Crippen LogP contribution in [0.3, 0.4) is 0 Å². The van der Waals surface area contributed by atoms with Gasteiger partial charge in [-0.2, -0.15) is 0 Å². The van der Waals surface area contributed by atoms with Crippen molar-refractivity contribution < 1.29 is 19.0 Å². The van der Waals surface area contributed by atoms with Gasteiger partial charge in [0.15, 0.2) is 0 Å². The monoisotopic (exact) mass is 473 g/mol. The van der Waals surface area contributed by atoms with Crippen molar-refractivity contribution >= 4 is 23.2 Å². The zero-order valence-corrected chi connectivity index (χ0v) is 20.0. The number of nitrogens with zero attached hydrogens (tertiary/aromatic N) is 2. The van der Waals surface area contributed by atoms with Gasteiger partial charge in [-0.25, -0.2) is 9.37 Å². The van der Waals surface area contributed by atoms with E-state index in [2.05, 4.69) is 22.1 Å². The quantitative estimate of drug-likeness (QED) is 0.640. The predicted molar refractivity (Wildman–Crippen MR) is 125 cm³/mol. The Morgan fingerprint density at radius 1 is 1.36 bits per heavy atom. The number of benzene rings is 1. The summed E-state index contributed by atoms with van der Waals surface area (Å²) >= 11 is 5.84. The molecule has 2 atom stereocenters. The smallest absolute Gasteiger partial charge is 0.274 e. The van der Waals surface area contributed by atoms with Crippen LogP contribution in [0.5, 0.6) is 0 Å². The van der Waals surface area contributed by atoms with Crippen LogP contribution in [0.25, 0.3) is 0 Å². The summed E-state index contributed by atoms with van der Waals surface area (Å²) in [6.45, 7) is 3.76. The van der Waals surface area contributed by atoms with E-state index in [4.69, 9.17) is 16.3 Å². The molecule has 2 fully saturated rings. The fourth-order valence-electron chi connectivity index (χ4n) is 5.09. The van der Waals surface area contributed by atoms with Gasteiger partial charge in [0.25, 0.3) is 5.91 Å². The molecule has 0 bridgehead atoms. The van der Waals surface area contributed by atoms with Gasteiger partial charge < -0.3 is 19.7 Å². The number of methoxy groups -OCH3 is 1. The number of halogens is 2. The van der Waals surface area contributed by atoms with Crippen molar-refractivity contribution in [3.63, 3.8) is 0 Å². The minimum absolute atomic E-state index is 0.0499. The van der Waals surface area contributed by atoms with Crippen LogP contribution in [0.15, 0.2) is 24.5 Å². The molecule has 0 aliphatic heterocycles. The standard InChI is InChI=1S/C25H29ClFN3O3/c1-24(2,33-4)7-8-25(32)12-16-9-15(10-17(16)13-25)21-22(30(3)14-28-21)23(31)29-18-5-6-20(27)19(26)11-18/h5-6,11,14-17,32H,9-10,12-13H2,1-4H3,(H,29,31). The molecular weight excluding hydrogens is 445 g/mol. The molecule has 0 saturated heterocycles. The van der Waals surface area contributed by atoms with E-state index in [1.165, 1.54) is 18.2 Å². The van der Waals surface area contributed by atoms with Crippen LogP contribution in [0.4, 0.5) is 10.1 Å². The number of amides is 1. The summed E-state index contributed by atoms with van der Waals surface area (Å²) in [5.41, 5.74) is 0.0676. The third kappa shape index (κ3) is 4.93. The SMILES string of the molecule is COC(C)(C)C#CC1(O)CC2CC(c3ncn(C)c3C(=O)Nc3ccc(F)c(Cl)c3)CC2C1. The Morgan fingerprint density at radius 3 is 2.64 bits per heavy atom. The Bertz CT molecular complexity index is 1120. The molecule has 1 heterocycles. The lowest BCUT2D eigenvalue weighted by atomic mass is 9.92. The lowest BCUT2D eigenvalue weighted by molar-refractivity contribution is 0.0701. The molecule has 8 heteroatoms. The summed E-state index contributed by atoms with van der Waals surface area (Å²) in [6.07, 6.45) is 4.57.